The van der Waals surface area contributed by atoms with Gasteiger partial charge in [-0.25, -0.2) is 4.39 Å². The summed E-state index contributed by atoms with van der Waals surface area (Å²) >= 11 is 6.05. The molecule has 2 aromatic carbocycles. The number of carbonyl (C=O) groups is 1. The number of carbonyl (C=O) groups excluding carboxylic acids is 1. The summed E-state index contributed by atoms with van der Waals surface area (Å²) in [7, 11) is 0. The first-order valence-corrected chi connectivity index (χ1v) is 8.12. The molecule has 2 aromatic rings. The van der Waals surface area contributed by atoms with Crippen LogP contribution in [0.25, 0.3) is 6.08 Å². The Kier molecular flexibility index (Phi) is 5.28. The Morgan fingerprint density at radius 2 is 1.92 bits per heavy atom. The molecule has 24 heavy (non-hydrogen) atoms. The van der Waals surface area contributed by atoms with Crippen molar-refractivity contribution in [2.24, 2.45) is 0 Å². The third-order valence-corrected chi connectivity index (χ3v) is 4.25. The summed E-state index contributed by atoms with van der Waals surface area (Å²) in [6.07, 6.45) is 3.04. The zero-order valence-electron chi connectivity index (χ0n) is 13.0. The molecule has 124 valence electrons. The summed E-state index contributed by atoms with van der Waals surface area (Å²) in [5.41, 5.74) is 1.57. The molecule has 3 rings (SSSR count). The Hall–Kier alpha value is -2.17. The minimum absolute atomic E-state index is 0.262. The van der Waals surface area contributed by atoms with Gasteiger partial charge in [0.2, 0.25) is 0 Å². The predicted octanol–water partition coefficient (Wildman–Crippen LogP) is 4.21. The normalized spacial score (nSPS) is 15.0. The van der Waals surface area contributed by atoms with Crippen LogP contribution in [0.1, 0.15) is 15.9 Å². The van der Waals surface area contributed by atoms with Crippen LogP contribution in [0.15, 0.2) is 48.5 Å². The van der Waals surface area contributed by atoms with Crippen LogP contribution in [0, 0.1) is 5.82 Å². The molecule has 1 aliphatic heterocycles. The maximum absolute atomic E-state index is 14.3. The number of ketones is 1. The van der Waals surface area contributed by atoms with E-state index in [-0.39, 0.29) is 5.78 Å². The van der Waals surface area contributed by atoms with Gasteiger partial charge in [0.25, 0.3) is 0 Å². The first-order chi connectivity index (χ1) is 11.6. The van der Waals surface area contributed by atoms with Crippen LogP contribution in [0.3, 0.4) is 0 Å². The van der Waals surface area contributed by atoms with E-state index in [1.54, 1.807) is 24.3 Å². The number of rotatable bonds is 4. The molecule has 0 saturated carbocycles. The van der Waals surface area contributed by atoms with Gasteiger partial charge in [0, 0.05) is 23.7 Å². The van der Waals surface area contributed by atoms with Gasteiger partial charge in [0.05, 0.1) is 18.9 Å². The molecule has 0 aromatic heterocycles. The highest BCUT2D eigenvalue weighted by Gasteiger charge is 2.16. The molecule has 0 atom stereocenters. The molecular formula is C19H17ClFNO2. The van der Waals surface area contributed by atoms with E-state index < -0.39 is 5.82 Å². The van der Waals surface area contributed by atoms with E-state index in [2.05, 4.69) is 0 Å². The van der Waals surface area contributed by atoms with Gasteiger partial charge in [0.15, 0.2) is 5.78 Å². The van der Waals surface area contributed by atoms with E-state index in [1.165, 1.54) is 12.1 Å². The van der Waals surface area contributed by atoms with Crippen molar-refractivity contribution in [3.63, 3.8) is 0 Å². The number of hydrogen-bond donors (Lipinski definition) is 0. The van der Waals surface area contributed by atoms with Crippen molar-refractivity contribution in [3.05, 3.63) is 70.5 Å². The largest absolute Gasteiger partial charge is 0.378 e. The van der Waals surface area contributed by atoms with Crippen LogP contribution in [-0.2, 0) is 4.74 Å². The molecule has 0 bridgehead atoms. The number of ether oxygens (including phenoxy) is 1. The second-order valence-electron chi connectivity index (χ2n) is 5.48. The first kappa shape index (κ1) is 16.7. The lowest BCUT2D eigenvalue weighted by molar-refractivity contribution is 0.104. The monoisotopic (exact) mass is 345 g/mol. The fourth-order valence-corrected chi connectivity index (χ4v) is 2.79. The van der Waals surface area contributed by atoms with Gasteiger partial charge in [-0.15, -0.1) is 0 Å². The number of benzene rings is 2. The third kappa shape index (κ3) is 3.83. The maximum Gasteiger partial charge on any atom is 0.185 e. The zero-order chi connectivity index (χ0) is 16.9. The SMILES string of the molecule is O=C(C=Cc1ccccc1Cl)c1ccc(N2CCOCC2)c(F)c1. The van der Waals surface area contributed by atoms with Crippen molar-refractivity contribution in [1.82, 2.24) is 0 Å². The fourth-order valence-electron chi connectivity index (χ4n) is 2.59. The molecule has 0 amide bonds. The minimum Gasteiger partial charge on any atom is -0.378 e. The second-order valence-corrected chi connectivity index (χ2v) is 5.89. The van der Waals surface area contributed by atoms with E-state index in [1.807, 2.05) is 23.1 Å². The summed E-state index contributed by atoms with van der Waals surface area (Å²) in [6, 6.07) is 11.8. The van der Waals surface area contributed by atoms with Crippen molar-refractivity contribution < 1.29 is 13.9 Å². The summed E-state index contributed by atoms with van der Waals surface area (Å²) in [5, 5.41) is 0.565. The zero-order valence-corrected chi connectivity index (χ0v) is 13.8. The van der Waals surface area contributed by atoms with Crippen LogP contribution >= 0.6 is 11.6 Å². The van der Waals surface area contributed by atoms with E-state index in [4.69, 9.17) is 16.3 Å². The van der Waals surface area contributed by atoms with E-state index in [0.29, 0.717) is 42.6 Å². The quantitative estimate of drug-likeness (QED) is 0.614. The fraction of sp³-hybridized carbons (Fsp3) is 0.211. The van der Waals surface area contributed by atoms with E-state index >= 15 is 0 Å². The third-order valence-electron chi connectivity index (χ3n) is 3.90. The van der Waals surface area contributed by atoms with Crippen molar-refractivity contribution in [3.8, 4) is 0 Å². The highest BCUT2D eigenvalue weighted by Crippen LogP contribution is 2.22. The van der Waals surface area contributed by atoms with E-state index in [9.17, 15) is 9.18 Å². The second kappa shape index (κ2) is 7.60. The summed E-state index contributed by atoms with van der Waals surface area (Å²) in [4.78, 5) is 14.2. The van der Waals surface area contributed by atoms with Crippen LogP contribution in [-0.4, -0.2) is 32.1 Å². The topological polar surface area (TPSA) is 29.5 Å². The summed E-state index contributed by atoms with van der Waals surface area (Å²) in [6.45, 7) is 2.47. The Bertz CT molecular complexity index is 770. The Morgan fingerprint density at radius 1 is 1.17 bits per heavy atom. The lowest BCUT2D eigenvalue weighted by atomic mass is 10.1. The molecule has 0 aliphatic carbocycles. The smallest absolute Gasteiger partial charge is 0.185 e. The average Bonchev–Trinajstić information content (AvgIpc) is 2.61. The molecule has 0 radical (unpaired) electrons. The van der Waals surface area contributed by atoms with Crippen molar-refractivity contribution >= 4 is 29.1 Å². The Balaban J connectivity index is 1.76. The number of halogens is 2. The summed E-state index contributed by atoms with van der Waals surface area (Å²) in [5.74, 6) is -0.656. The van der Waals surface area contributed by atoms with Crippen molar-refractivity contribution in [1.29, 1.82) is 0 Å². The molecule has 3 nitrogen and oxygen atoms in total. The molecule has 0 unspecified atom stereocenters. The molecule has 0 N–H and O–H groups in total. The molecule has 1 aliphatic rings. The van der Waals surface area contributed by atoms with Gasteiger partial charge in [-0.3, -0.25) is 4.79 Å². The Morgan fingerprint density at radius 3 is 2.62 bits per heavy atom. The van der Waals surface area contributed by atoms with Gasteiger partial charge in [-0.1, -0.05) is 29.8 Å². The summed E-state index contributed by atoms with van der Waals surface area (Å²) < 4.78 is 19.6. The van der Waals surface area contributed by atoms with Crippen LogP contribution < -0.4 is 4.90 Å². The number of nitrogens with zero attached hydrogens (tertiary/aromatic N) is 1. The molecule has 5 heteroatoms. The number of morpholine rings is 1. The molecule has 0 spiro atoms. The number of hydrogen-bond acceptors (Lipinski definition) is 3. The lowest BCUT2D eigenvalue weighted by Gasteiger charge is -2.29. The number of allylic oxidation sites excluding steroid dienone is 1. The highest BCUT2D eigenvalue weighted by molar-refractivity contribution is 6.32. The van der Waals surface area contributed by atoms with Crippen LogP contribution in [0.4, 0.5) is 10.1 Å². The Labute approximate surface area is 145 Å². The van der Waals surface area contributed by atoms with Crippen molar-refractivity contribution in [2.45, 2.75) is 0 Å². The highest BCUT2D eigenvalue weighted by atomic mass is 35.5. The molecule has 1 fully saturated rings. The van der Waals surface area contributed by atoms with Gasteiger partial charge in [-0.2, -0.15) is 0 Å². The average molecular weight is 346 g/mol. The molecular weight excluding hydrogens is 329 g/mol. The van der Waals surface area contributed by atoms with Gasteiger partial charge >= 0.3 is 0 Å². The van der Waals surface area contributed by atoms with Gasteiger partial charge in [-0.05, 0) is 42.0 Å². The van der Waals surface area contributed by atoms with Crippen molar-refractivity contribution in [2.75, 3.05) is 31.2 Å². The van der Waals surface area contributed by atoms with E-state index in [0.717, 1.165) is 5.56 Å². The van der Waals surface area contributed by atoms with Crippen LogP contribution in [0.2, 0.25) is 5.02 Å². The van der Waals surface area contributed by atoms with Gasteiger partial charge in [0.1, 0.15) is 5.82 Å². The minimum atomic E-state index is -0.395. The standard InChI is InChI=1S/C19H17ClFNO2/c20-16-4-2-1-3-14(16)6-8-19(23)15-5-7-18(17(21)13-15)22-9-11-24-12-10-22/h1-8,13H,9-12H2. The predicted molar refractivity (Wildman–Crippen MR) is 94.2 cm³/mol. The number of anilines is 1. The van der Waals surface area contributed by atoms with Gasteiger partial charge < -0.3 is 9.64 Å². The maximum atomic E-state index is 14.3. The molecule has 1 heterocycles. The lowest BCUT2D eigenvalue weighted by Crippen LogP contribution is -2.36. The van der Waals surface area contributed by atoms with Crippen LogP contribution in [0.5, 0.6) is 0 Å². The molecule has 1 saturated heterocycles. The first-order valence-electron chi connectivity index (χ1n) is 7.74.